The lowest BCUT2D eigenvalue weighted by Crippen LogP contribution is -2.42. The number of thioether (sulfide) groups is 1. The summed E-state index contributed by atoms with van der Waals surface area (Å²) in [6, 6.07) is 3.58. The predicted octanol–water partition coefficient (Wildman–Crippen LogP) is 2.76. The third-order valence-electron chi connectivity index (χ3n) is 3.37. The Hall–Kier alpha value is -1.53. The zero-order valence-electron chi connectivity index (χ0n) is 11.6. The summed E-state index contributed by atoms with van der Waals surface area (Å²) < 4.78 is 1.70. The first-order chi connectivity index (χ1) is 10.1. The summed E-state index contributed by atoms with van der Waals surface area (Å²) in [5, 5.41) is 5.29. The summed E-state index contributed by atoms with van der Waals surface area (Å²) in [4.78, 5) is 18.7. The molecular formula is C14H15ClN4OS. The van der Waals surface area contributed by atoms with E-state index in [-0.39, 0.29) is 11.2 Å². The van der Waals surface area contributed by atoms with Gasteiger partial charge in [0.05, 0.1) is 22.2 Å². The highest BCUT2D eigenvalue weighted by atomic mass is 35.5. The van der Waals surface area contributed by atoms with Gasteiger partial charge < -0.3 is 4.90 Å². The van der Waals surface area contributed by atoms with Crippen LogP contribution in [0.15, 0.2) is 35.7 Å². The lowest BCUT2D eigenvalue weighted by molar-refractivity contribution is -0.119. The Morgan fingerprint density at radius 1 is 1.48 bits per heavy atom. The first kappa shape index (κ1) is 14.4. The van der Waals surface area contributed by atoms with Crippen LogP contribution in [0.4, 0.5) is 5.69 Å². The molecule has 1 amide bonds. The second-order valence-corrected chi connectivity index (χ2v) is 6.50. The lowest BCUT2D eigenvalue weighted by atomic mass is 10.1. The SMILES string of the molecule is Cn1cc(N2CCC[C@@H](Sc3ncccc3Cl)C2=O)cn1. The number of nitrogens with zero attached hydrogens (tertiary/aromatic N) is 4. The standard InChI is InChI=1S/C14H15ClN4OS/c1-18-9-10(8-17-18)19-7-3-5-12(14(19)20)21-13-11(15)4-2-6-16-13/h2,4,6,8-9,12H,3,5,7H2,1H3/t12-/m1/s1. The molecule has 1 saturated heterocycles. The molecule has 0 unspecified atom stereocenters. The molecule has 3 rings (SSSR count). The van der Waals surface area contributed by atoms with Crippen LogP contribution >= 0.6 is 23.4 Å². The van der Waals surface area contributed by atoms with Crippen molar-refractivity contribution in [3.63, 3.8) is 0 Å². The van der Waals surface area contributed by atoms with Gasteiger partial charge in [-0.2, -0.15) is 5.10 Å². The maximum absolute atomic E-state index is 12.6. The molecule has 3 heterocycles. The van der Waals surface area contributed by atoms with Crippen LogP contribution in [0.1, 0.15) is 12.8 Å². The van der Waals surface area contributed by atoms with Gasteiger partial charge in [-0.15, -0.1) is 0 Å². The van der Waals surface area contributed by atoms with Gasteiger partial charge in [-0.05, 0) is 25.0 Å². The number of rotatable bonds is 3. The van der Waals surface area contributed by atoms with Gasteiger partial charge in [0.25, 0.3) is 0 Å². The Morgan fingerprint density at radius 3 is 3.05 bits per heavy atom. The van der Waals surface area contributed by atoms with Crippen LogP contribution in [0.3, 0.4) is 0 Å². The van der Waals surface area contributed by atoms with Crippen molar-refractivity contribution in [2.24, 2.45) is 7.05 Å². The van der Waals surface area contributed by atoms with Crippen LogP contribution in [0.2, 0.25) is 5.02 Å². The van der Waals surface area contributed by atoms with Crippen LogP contribution < -0.4 is 4.90 Å². The van der Waals surface area contributed by atoms with Gasteiger partial charge in [0.15, 0.2) is 0 Å². The molecule has 0 saturated carbocycles. The van der Waals surface area contributed by atoms with E-state index in [1.54, 1.807) is 34.1 Å². The predicted molar refractivity (Wildman–Crippen MR) is 83.7 cm³/mol. The summed E-state index contributed by atoms with van der Waals surface area (Å²) in [6.45, 7) is 0.734. The Kier molecular flexibility index (Phi) is 4.17. The molecule has 110 valence electrons. The molecule has 0 aliphatic carbocycles. The van der Waals surface area contributed by atoms with Crippen molar-refractivity contribution in [2.75, 3.05) is 11.4 Å². The zero-order valence-corrected chi connectivity index (χ0v) is 13.1. The number of hydrogen-bond acceptors (Lipinski definition) is 4. The number of piperidine rings is 1. The number of hydrogen-bond donors (Lipinski definition) is 0. The number of halogens is 1. The molecule has 21 heavy (non-hydrogen) atoms. The quantitative estimate of drug-likeness (QED) is 0.872. The highest BCUT2D eigenvalue weighted by Gasteiger charge is 2.31. The minimum Gasteiger partial charge on any atom is -0.309 e. The molecule has 1 fully saturated rings. The first-order valence-electron chi connectivity index (χ1n) is 6.72. The van der Waals surface area contributed by atoms with Gasteiger partial charge >= 0.3 is 0 Å². The van der Waals surface area contributed by atoms with E-state index in [2.05, 4.69) is 10.1 Å². The maximum Gasteiger partial charge on any atom is 0.240 e. The van der Waals surface area contributed by atoms with E-state index < -0.39 is 0 Å². The van der Waals surface area contributed by atoms with E-state index in [1.165, 1.54) is 11.8 Å². The van der Waals surface area contributed by atoms with Crippen molar-refractivity contribution in [1.82, 2.24) is 14.8 Å². The second kappa shape index (κ2) is 6.07. The Labute approximate surface area is 132 Å². The van der Waals surface area contributed by atoms with E-state index in [4.69, 9.17) is 11.6 Å². The molecule has 5 nitrogen and oxygen atoms in total. The van der Waals surface area contributed by atoms with Crippen LogP contribution in [0.5, 0.6) is 0 Å². The average molecular weight is 323 g/mol. The van der Waals surface area contributed by atoms with E-state index in [0.717, 1.165) is 25.1 Å². The average Bonchev–Trinajstić information content (AvgIpc) is 2.90. The highest BCUT2D eigenvalue weighted by molar-refractivity contribution is 8.00. The minimum absolute atomic E-state index is 0.0981. The van der Waals surface area contributed by atoms with Crippen molar-refractivity contribution in [3.05, 3.63) is 35.7 Å². The zero-order chi connectivity index (χ0) is 14.8. The van der Waals surface area contributed by atoms with Crippen molar-refractivity contribution in [1.29, 1.82) is 0 Å². The summed E-state index contributed by atoms with van der Waals surface area (Å²) in [5.74, 6) is 0.0981. The molecule has 1 aliphatic rings. The fraction of sp³-hybridized carbons (Fsp3) is 0.357. The molecular weight excluding hydrogens is 308 g/mol. The lowest BCUT2D eigenvalue weighted by Gasteiger charge is -2.30. The molecule has 2 aromatic heterocycles. The maximum atomic E-state index is 12.6. The molecule has 0 aromatic carbocycles. The van der Waals surface area contributed by atoms with Crippen molar-refractivity contribution in [2.45, 2.75) is 23.1 Å². The van der Waals surface area contributed by atoms with Gasteiger partial charge in [-0.25, -0.2) is 4.98 Å². The molecule has 1 atom stereocenters. The summed E-state index contributed by atoms with van der Waals surface area (Å²) in [6.07, 6.45) is 7.08. The minimum atomic E-state index is -0.147. The molecule has 2 aromatic rings. The summed E-state index contributed by atoms with van der Waals surface area (Å²) in [7, 11) is 1.85. The van der Waals surface area contributed by atoms with Crippen LogP contribution in [0.25, 0.3) is 0 Å². The fourth-order valence-corrected chi connectivity index (χ4v) is 3.69. The van der Waals surface area contributed by atoms with E-state index in [1.807, 2.05) is 13.2 Å². The Morgan fingerprint density at radius 2 is 2.33 bits per heavy atom. The number of carbonyl (C=O) groups is 1. The van der Waals surface area contributed by atoms with Gasteiger partial charge in [0, 0.05) is 26.0 Å². The van der Waals surface area contributed by atoms with Crippen LogP contribution in [0, 0.1) is 0 Å². The Bertz CT molecular complexity index is 660. The third-order valence-corrected chi connectivity index (χ3v) is 5.06. The van der Waals surface area contributed by atoms with Crippen LogP contribution in [-0.4, -0.2) is 32.5 Å². The fourth-order valence-electron chi connectivity index (χ4n) is 2.35. The number of pyridine rings is 1. The number of aromatic nitrogens is 3. The second-order valence-electron chi connectivity index (χ2n) is 4.90. The number of carbonyl (C=O) groups excluding carboxylic acids is 1. The molecule has 0 N–H and O–H groups in total. The normalized spacial score (nSPS) is 19.0. The molecule has 0 bridgehead atoms. The molecule has 7 heteroatoms. The molecule has 0 spiro atoms. The van der Waals surface area contributed by atoms with Gasteiger partial charge in [-0.3, -0.25) is 9.48 Å². The van der Waals surface area contributed by atoms with Crippen LogP contribution in [-0.2, 0) is 11.8 Å². The van der Waals surface area contributed by atoms with E-state index >= 15 is 0 Å². The number of aryl methyl sites for hydroxylation is 1. The van der Waals surface area contributed by atoms with Gasteiger partial charge in [0.2, 0.25) is 5.91 Å². The summed E-state index contributed by atoms with van der Waals surface area (Å²) in [5.41, 5.74) is 0.847. The Balaban J connectivity index is 1.78. The van der Waals surface area contributed by atoms with Crippen molar-refractivity contribution < 1.29 is 4.79 Å². The van der Waals surface area contributed by atoms with Gasteiger partial charge in [0.1, 0.15) is 5.03 Å². The smallest absolute Gasteiger partial charge is 0.240 e. The van der Waals surface area contributed by atoms with E-state index in [9.17, 15) is 4.79 Å². The first-order valence-corrected chi connectivity index (χ1v) is 7.98. The largest absolute Gasteiger partial charge is 0.309 e. The highest BCUT2D eigenvalue weighted by Crippen LogP contribution is 2.34. The number of amides is 1. The topological polar surface area (TPSA) is 51.0 Å². The summed E-state index contributed by atoms with van der Waals surface area (Å²) >= 11 is 7.57. The molecule has 0 radical (unpaired) electrons. The van der Waals surface area contributed by atoms with E-state index in [0.29, 0.717) is 10.0 Å². The third kappa shape index (κ3) is 3.06. The van der Waals surface area contributed by atoms with Crippen molar-refractivity contribution >= 4 is 35.0 Å². The molecule has 1 aliphatic heterocycles. The van der Waals surface area contributed by atoms with Crippen molar-refractivity contribution in [3.8, 4) is 0 Å². The number of anilines is 1. The monoisotopic (exact) mass is 322 g/mol. The van der Waals surface area contributed by atoms with Gasteiger partial charge in [-0.1, -0.05) is 23.4 Å².